The molecule has 0 atom stereocenters. The molecule has 0 saturated carbocycles. The van der Waals surface area contributed by atoms with E-state index in [4.69, 9.17) is 15.6 Å². The first-order chi connectivity index (χ1) is 22.0. The number of carboxylic acids is 1. The first-order valence-corrected chi connectivity index (χ1v) is 15.2. The minimum atomic E-state index is -4.83. The lowest BCUT2D eigenvalue weighted by Gasteiger charge is -2.40. The Hall–Kier alpha value is -3.84. The molecular weight excluding hydrogens is 628 g/mol. The van der Waals surface area contributed by atoms with E-state index in [-0.39, 0.29) is 6.42 Å². The van der Waals surface area contributed by atoms with Crippen molar-refractivity contribution in [3.05, 3.63) is 65.7 Å². The van der Waals surface area contributed by atoms with Crippen LogP contribution in [0.2, 0.25) is 0 Å². The molecule has 47 heavy (non-hydrogen) atoms. The lowest BCUT2D eigenvalue weighted by Crippen LogP contribution is -2.56. The largest absolute Gasteiger partial charge is 0.496 e. The molecule has 3 N–H and O–H groups in total. The van der Waals surface area contributed by atoms with Gasteiger partial charge < -0.3 is 20.5 Å². The number of ether oxygens (including phenoxy) is 1. The van der Waals surface area contributed by atoms with Crippen LogP contribution in [0, 0.1) is 5.41 Å². The van der Waals surface area contributed by atoms with Crippen molar-refractivity contribution < 1.29 is 45.8 Å². The number of methoxy groups -OCH3 is 1. The van der Waals surface area contributed by atoms with E-state index < -0.39 is 62.1 Å². The Morgan fingerprint density at radius 2 is 1.51 bits per heavy atom. The molecule has 1 fully saturated rings. The van der Waals surface area contributed by atoms with Crippen LogP contribution >= 0.6 is 0 Å². The van der Waals surface area contributed by atoms with E-state index in [0.29, 0.717) is 6.42 Å². The predicted octanol–water partition coefficient (Wildman–Crippen LogP) is 6.71. The number of hydrogen-bond acceptors (Lipinski definition) is 5. The normalized spacial score (nSPS) is 15.3. The number of carbonyl (C=O) groups is 2. The Morgan fingerprint density at radius 1 is 0.915 bits per heavy atom. The lowest BCUT2D eigenvalue weighted by molar-refractivity contribution is -0.234. The summed E-state index contributed by atoms with van der Waals surface area (Å²) in [5, 5.41) is 11.3. The summed E-state index contributed by atoms with van der Waals surface area (Å²) in [5.74, 6) is -1.43. The third-order valence-electron chi connectivity index (χ3n) is 8.40. The van der Waals surface area contributed by atoms with Crippen molar-refractivity contribution in [2.24, 2.45) is 11.1 Å². The van der Waals surface area contributed by atoms with Crippen LogP contribution in [0.5, 0.6) is 5.75 Å². The summed E-state index contributed by atoms with van der Waals surface area (Å²) in [5.41, 5.74) is 6.67. The van der Waals surface area contributed by atoms with Crippen LogP contribution in [0.15, 0.2) is 54.6 Å². The molecule has 258 valence electrons. The Morgan fingerprint density at radius 3 is 2.06 bits per heavy atom. The number of carbonyl (C=O) groups excluding carboxylic acids is 1. The standard InChI is InChI=1S/C25H29NO3.C9H12F6N2O/c1-26(2)17-7-10-19-9-5-14-23(29-3)25(19)22-13-6-11-20-18(15-16-24(27)28)8-4-12-21(20)22;10-8(11,12)5-17-3-1-7(2-4-17,6(16)18)9(13,14)15/h4-6,8-9,11-14H,7,10,15-17H2,1-3H3,(H,27,28);1-5H2,(H2,16,18). The Balaban J connectivity index is 0.000000287. The molecule has 7 nitrogen and oxygen atoms in total. The second-order valence-corrected chi connectivity index (χ2v) is 11.9. The van der Waals surface area contributed by atoms with Crippen LogP contribution < -0.4 is 10.5 Å². The summed E-state index contributed by atoms with van der Waals surface area (Å²) >= 11 is 0. The summed E-state index contributed by atoms with van der Waals surface area (Å²) < 4.78 is 80.3. The predicted molar refractivity (Wildman–Crippen MR) is 168 cm³/mol. The zero-order valence-electron chi connectivity index (χ0n) is 26.7. The molecule has 4 rings (SSSR count). The molecule has 1 aliphatic heterocycles. The number of piperidine rings is 1. The zero-order chi connectivity index (χ0) is 35.0. The van der Waals surface area contributed by atoms with Gasteiger partial charge in [-0.25, -0.2) is 0 Å². The SMILES string of the molecule is COc1cccc(CCCN(C)C)c1-c1cccc2c(CCC(=O)O)cccc12.NC(=O)C1(C(F)(F)F)CCN(CC(F)(F)F)CC1. The molecule has 0 bridgehead atoms. The van der Waals surface area contributed by atoms with Crippen molar-refractivity contribution in [3.63, 3.8) is 0 Å². The highest BCUT2D eigenvalue weighted by Crippen LogP contribution is 2.46. The number of nitrogens with two attached hydrogens (primary N) is 1. The number of benzene rings is 3. The van der Waals surface area contributed by atoms with Crippen molar-refractivity contribution in [2.75, 3.05) is 47.4 Å². The number of rotatable bonds is 11. The molecule has 0 aliphatic carbocycles. The molecule has 1 heterocycles. The Labute approximate surface area is 270 Å². The topological polar surface area (TPSA) is 96.1 Å². The lowest BCUT2D eigenvalue weighted by atomic mass is 9.77. The quantitative estimate of drug-likeness (QED) is 0.221. The van der Waals surface area contributed by atoms with Gasteiger partial charge in [-0.1, -0.05) is 48.5 Å². The second kappa shape index (κ2) is 15.8. The van der Waals surface area contributed by atoms with Crippen molar-refractivity contribution in [1.82, 2.24) is 9.80 Å². The van der Waals surface area contributed by atoms with Crippen molar-refractivity contribution in [2.45, 2.75) is 50.9 Å². The summed E-state index contributed by atoms with van der Waals surface area (Å²) in [6, 6.07) is 18.7. The van der Waals surface area contributed by atoms with Crippen LogP contribution in [0.25, 0.3) is 21.9 Å². The van der Waals surface area contributed by atoms with Crippen LogP contribution in [0.3, 0.4) is 0 Å². The van der Waals surface area contributed by atoms with Gasteiger partial charge in [0.25, 0.3) is 0 Å². The number of nitrogens with zero attached hydrogens (tertiary/aromatic N) is 2. The maximum atomic E-state index is 12.8. The van der Waals surface area contributed by atoms with Crippen LogP contribution in [0.4, 0.5) is 26.3 Å². The van der Waals surface area contributed by atoms with Gasteiger partial charge in [0.15, 0.2) is 0 Å². The van der Waals surface area contributed by atoms with Gasteiger partial charge in [-0.3, -0.25) is 14.5 Å². The minimum absolute atomic E-state index is 0.133. The number of alkyl halides is 6. The van der Waals surface area contributed by atoms with Crippen LogP contribution in [-0.2, 0) is 22.4 Å². The number of carboxylic acid groups (broad SMARTS) is 1. The number of primary amides is 1. The second-order valence-electron chi connectivity index (χ2n) is 11.9. The van der Waals surface area contributed by atoms with E-state index in [0.717, 1.165) is 57.5 Å². The van der Waals surface area contributed by atoms with Gasteiger partial charge in [0.1, 0.15) is 11.2 Å². The van der Waals surface area contributed by atoms with Gasteiger partial charge in [-0.2, -0.15) is 26.3 Å². The number of amides is 1. The fraction of sp³-hybridized carbons (Fsp3) is 0.471. The molecule has 3 aromatic rings. The average molecular weight is 670 g/mol. The minimum Gasteiger partial charge on any atom is -0.496 e. The summed E-state index contributed by atoms with van der Waals surface area (Å²) in [6.07, 6.45) is -8.06. The molecule has 1 aliphatic rings. The molecule has 0 radical (unpaired) electrons. The number of aliphatic carboxylic acids is 1. The van der Waals surface area contributed by atoms with Gasteiger partial charge in [0.2, 0.25) is 5.91 Å². The van der Waals surface area contributed by atoms with E-state index in [1.54, 1.807) is 7.11 Å². The fourth-order valence-corrected chi connectivity index (χ4v) is 5.92. The van der Waals surface area contributed by atoms with Gasteiger partial charge in [0.05, 0.1) is 13.7 Å². The summed E-state index contributed by atoms with van der Waals surface area (Å²) in [6.45, 7) is -1.16. The van der Waals surface area contributed by atoms with E-state index >= 15 is 0 Å². The smallest absolute Gasteiger partial charge is 0.403 e. The average Bonchev–Trinajstić information content (AvgIpc) is 2.98. The van der Waals surface area contributed by atoms with E-state index in [9.17, 15) is 35.9 Å². The number of halogens is 6. The maximum absolute atomic E-state index is 12.8. The van der Waals surface area contributed by atoms with Gasteiger partial charge in [-0.05, 0) is 99.4 Å². The van der Waals surface area contributed by atoms with Crippen molar-refractivity contribution in [1.29, 1.82) is 0 Å². The third kappa shape index (κ3) is 9.83. The van der Waals surface area contributed by atoms with E-state index in [2.05, 4.69) is 55.4 Å². The molecular formula is C34H41F6N3O4. The highest BCUT2D eigenvalue weighted by molar-refractivity contribution is 6.00. The first-order valence-electron chi connectivity index (χ1n) is 15.2. The maximum Gasteiger partial charge on any atom is 0.403 e. The zero-order valence-corrected chi connectivity index (χ0v) is 26.7. The molecule has 3 aromatic carbocycles. The molecule has 13 heteroatoms. The summed E-state index contributed by atoms with van der Waals surface area (Å²) in [4.78, 5) is 25.1. The monoisotopic (exact) mass is 669 g/mol. The molecule has 1 amide bonds. The first kappa shape index (κ1) is 37.6. The number of aryl methyl sites for hydroxylation is 2. The number of fused-ring (bicyclic) bond motifs is 1. The van der Waals surface area contributed by atoms with Gasteiger partial charge in [0, 0.05) is 12.0 Å². The van der Waals surface area contributed by atoms with Gasteiger partial charge in [-0.15, -0.1) is 0 Å². The highest BCUT2D eigenvalue weighted by Gasteiger charge is 2.60. The fourth-order valence-electron chi connectivity index (χ4n) is 5.92. The molecule has 0 unspecified atom stereocenters. The highest BCUT2D eigenvalue weighted by atomic mass is 19.4. The van der Waals surface area contributed by atoms with E-state index in [1.165, 1.54) is 5.56 Å². The Bertz CT molecular complexity index is 1520. The van der Waals surface area contributed by atoms with Crippen molar-refractivity contribution in [3.8, 4) is 16.9 Å². The third-order valence-corrected chi connectivity index (χ3v) is 8.40. The molecule has 1 saturated heterocycles. The van der Waals surface area contributed by atoms with Gasteiger partial charge >= 0.3 is 18.3 Å². The number of likely N-dealkylation sites (tertiary alicyclic amines) is 1. The van der Waals surface area contributed by atoms with Crippen molar-refractivity contribution >= 4 is 22.6 Å². The van der Waals surface area contributed by atoms with Crippen LogP contribution in [0.1, 0.15) is 36.8 Å². The molecule has 0 aromatic heterocycles. The summed E-state index contributed by atoms with van der Waals surface area (Å²) in [7, 11) is 5.90. The Kier molecular flexibility index (Phi) is 12.7. The number of hydrogen-bond donors (Lipinski definition) is 2. The molecule has 0 spiro atoms. The van der Waals surface area contributed by atoms with E-state index in [1.807, 2.05) is 18.2 Å². The van der Waals surface area contributed by atoms with Crippen LogP contribution in [-0.4, -0.2) is 86.5 Å².